The van der Waals surface area contributed by atoms with Crippen LogP contribution in [0.5, 0.6) is 0 Å². The minimum absolute atomic E-state index is 0.0763. The molecule has 0 spiro atoms. The second-order valence-electron chi connectivity index (χ2n) is 6.72. The van der Waals surface area contributed by atoms with Crippen molar-refractivity contribution in [2.24, 2.45) is 0 Å². The molecule has 0 unspecified atom stereocenters. The maximum absolute atomic E-state index is 12.9. The molecular formula is C21H19N5O3. The van der Waals surface area contributed by atoms with E-state index in [1.807, 2.05) is 32.0 Å². The molecule has 29 heavy (non-hydrogen) atoms. The first kappa shape index (κ1) is 18.4. The number of nitrogens with zero attached hydrogens (tertiary/aromatic N) is 3. The SMILES string of the molecule is Cc1cc(NC(=O)c2nc(C(=O)Nc3cccc(C)c3C)c3ccccn23)no1. The van der Waals surface area contributed by atoms with Crippen molar-refractivity contribution in [1.29, 1.82) is 0 Å². The van der Waals surface area contributed by atoms with Crippen LogP contribution in [0.15, 0.2) is 53.2 Å². The van der Waals surface area contributed by atoms with E-state index >= 15 is 0 Å². The maximum atomic E-state index is 12.9. The maximum Gasteiger partial charge on any atom is 0.293 e. The monoisotopic (exact) mass is 389 g/mol. The van der Waals surface area contributed by atoms with Crippen LogP contribution in [0.1, 0.15) is 38.0 Å². The topological polar surface area (TPSA) is 102 Å². The van der Waals surface area contributed by atoms with E-state index in [4.69, 9.17) is 4.52 Å². The van der Waals surface area contributed by atoms with Gasteiger partial charge < -0.3 is 15.2 Å². The Balaban J connectivity index is 1.69. The third kappa shape index (κ3) is 3.47. The number of carbonyl (C=O) groups is 2. The fourth-order valence-electron chi connectivity index (χ4n) is 3.03. The van der Waals surface area contributed by atoms with E-state index < -0.39 is 11.8 Å². The molecule has 0 bridgehead atoms. The number of imidazole rings is 1. The van der Waals surface area contributed by atoms with Crippen molar-refractivity contribution in [3.05, 3.63) is 77.1 Å². The molecule has 0 saturated carbocycles. The standard InChI is InChI=1S/C21H19N5O3/c1-12-7-6-8-15(14(12)3)22-20(27)18-16-9-4-5-10-26(16)19(24-18)21(28)23-17-11-13(2)29-25-17/h4-11H,1-3H3,(H,22,27)(H,23,25,28). The van der Waals surface area contributed by atoms with Crippen molar-refractivity contribution in [1.82, 2.24) is 14.5 Å². The van der Waals surface area contributed by atoms with Gasteiger partial charge in [-0.25, -0.2) is 4.98 Å². The highest BCUT2D eigenvalue weighted by Crippen LogP contribution is 2.21. The van der Waals surface area contributed by atoms with Crippen LogP contribution in [0.3, 0.4) is 0 Å². The summed E-state index contributed by atoms with van der Waals surface area (Å²) in [5, 5.41) is 9.28. The Morgan fingerprint density at radius 3 is 2.59 bits per heavy atom. The summed E-state index contributed by atoms with van der Waals surface area (Å²) < 4.78 is 6.53. The number of hydrogen-bond acceptors (Lipinski definition) is 5. The molecule has 0 aliphatic rings. The zero-order valence-corrected chi connectivity index (χ0v) is 16.2. The molecule has 146 valence electrons. The van der Waals surface area contributed by atoms with E-state index in [0.29, 0.717) is 17.0 Å². The molecule has 8 heteroatoms. The first-order chi connectivity index (χ1) is 13.9. The molecule has 0 aliphatic heterocycles. The van der Waals surface area contributed by atoms with Gasteiger partial charge in [-0.2, -0.15) is 0 Å². The molecule has 4 rings (SSSR count). The van der Waals surface area contributed by atoms with Crippen LogP contribution in [0.25, 0.3) is 5.52 Å². The van der Waals surface area contributed by atoms with Gasteiger partial charge in [-0.15, -0.1) is 0 Å². The van der Waals surface area contributed by atoms with Crippen LogP contribution in [-0.4, -0.2) is 26.4 Å². The molecule has 0 radical (unpaired) electrons. The largest absolute Gasteiger partial charge is 0.360 e. The lowest BCUT2D eigenvalue weighted by molar-refractivity contribution is 0.101. The zero-order valence-electron chi connectivity index (χ0n) is 16.2. The van der Waals surface area contributed by atoms with Gasteiger partial charge in [0.05, 0.1) is 5.52 Å². The predicted molar refractivity (Wildman–Crippen MR) is 108 cm³/mol. The van der Waals surface area contributed by atoms with E-state index in [1.165, 1.54) is 0 Å². The predicted octanol–water partition coefficient (Wildman–Crippen LogP) is 3.75. The number of benzene rings is 1. The number of rotatable bonds is 4. The molecule has 0 fully saturated rings. The average Bonchev–Trinajstić information content (AvgIpc) is 3.29. The van der Waals surface area contributed by atoms with Gasteiger partial charge in [-0.3, -0.25) is 14.0 Å². The van der Waals surface area contributed by atoms with E-state index in [0.717, 1.165) is 11.1 Å². The number of anilines is 2. The van der Waals surface area contributed by atoms with Gasteiger partial charge in [-0.1, -0.05) is 23.4 Å². The van der Waals surface area contributed by atoms with Crippen LogP contribution >= 0.6 is 0 Å². The average molecular weight is 389 g/mol. The lowest BCUT2D eigenvalue weighted by Gasteiger charge is -2.09. The Hall–Kier alpha value is -3.94. The van der Waals surface area contributed by atoms with Crippen molar-refractivity contribution in [3.63, 3.8) is 0 Å². The van der Waals surface area contributed by atoms with Crippen molar-refractivity contribution in [3.8, 4) is 0 Å². The summed E-state index contributed by atoms with van der Waals surface area (Å²) in [6, 6.07) is 12.6. The third-order valence-corrected chi connectivity index (χ3v) is 4.69. The highest BCUT2D eigenvalue weighted by atomic mass is 16.5. The molecule has 0 saturated heterocycles. The highest BCUT2D eigenvalue weighted by Gasteiger charge is 2.22. The minimum atomic E-state index is -0.495. The summed E-state index contributed by atoms with van der Waals surface area (Å²) in [6.07, 6.45) is 1.68. The summed E-state index contributed by atoms with van der Waals surface area (Å²) in [6.45, 7) is 5.64. The summed E-state index contributed by atoms with van der Waals surface area (Å²) in [5.41, 5.74) is 3.44. The van der Waals surface area contributed by atoms with Crippen LogP contribution in [0, 0.1) is 20.8 Å². The number of pyridine rings is 1. The number of fused-ring (bicyclic) bond motifs is 1. The lowest BCUT2D eigenvalue weighted by atomic mass is 10.1. The number of carbonyl (C=O) groups excluding carboxylic acids is 2. The van der Waals surface area contributed by atoms with E-state index in [-0.39, 0.29) is 17.3 Å². The third-order valence-electron chi connectivity index (χ3n) is 4.69. The normalized spacial score (nSPS) is 10.9. The van der Waals surface area contributed by atoms with Crippen molar-refractivity contribution >= 4 is 28.8 Å². The van der Waals surface area contributed by atoms with Crippen molar-refractivity contribution in [2.45, 2.75) is 20.8 Å². The van der Waals surface area contributed by atoms with Gasteiger partial charge in [0.1, 0.15) is 5.76 Å². The second kappa shape index (κ2) is 7.23. The molecule has 2 N–H and O–H groups in total. The Morgan fingerprint density at radius 1 is 1.00 bits per heavy atom. The fraction of sp³-hybridized carbons (Fsp3) is 0.143. The van der Waals surface area contributed by atoms with Gasteiger partial charge in [0.25, 0.3) is 11.8 Å². The molecule has 3 aromatic heterocycles. The summed E-state index contributed by atoms with van der Waals surface area (Å²) in [4.78, 5) is 30.0. The molecule has 8 nitrogen and oxygen atoms in total. The van der Waals surface area contributed by atoms with Gasteiger partial charge in [0.2, 0.25) is 5.82 Å². The number of nitrogens with one attached hydrogen (secondary N) is 2. The van der Waals surface area contributed by atoms with Gasteiger partial charge >= 0.3 is 0 Å². The Kier molecular flexibility index (Phi) is 4.59. The van der Waals surface area contributed by atoms with Gasteiger partial charge in [0.15, 0.2) is 11.5 Å². The number of aromatic nitrogens is 3. The van der Waals surface area contributed by atoms with E-state index in [2.05, 4.69) is 20.8 Å². The minimum Gasteiger partial charge on any atom is -0.360 e. The number of hydrogen-bond donors (Lipinski definition) is 2. The molecule has 2 amide bonds. The first-order valence-corrected chi connectivity index (χ1v) is 9.03. The summed E-state index contributed by atoms with van der Waals surface area (Å²) in [7, 11) is 0. The molecule has 4 aromatic rings. The van der Waals surface area contributed by atoms with Crippen LogP contribution in [0.4, 0.5) is 11.5 Å². The van der Waals surface area contributed by atoms with Crippen molar-refractivity contribution < 1.29 is 14.1 Å². The fourth-order valence-corrected chi connectivity index (χ4v) is 3.03. The summed E-state index contributed by atoms with van der Waals surface area (Å²) in [5.74, 6) is 0.0415. The smallest absolute Gasteiger partial charge is 0.293 e. The molecule has 0 atom stereocenters. The van der Waals surface area contributed by atoms with Gasteiger partial charge in [0, 0.05) is 18.0 Å². The first-order valence-electron chi connectivity index (χ1n) is 9.03. The molecule has 1 aromatic carbocycles. The van der Waals surface area contributed by atoms with Crippen LogP contribution in [-0.2, 0) is 0 Å². The highest BCUT2D eigenvalue weighted by molar-refractivity contribution is 6.10. The van der Waals surface area contributed by atoms with Crippen LogP contribution in [0.2, 0.25) is 0 Å². The molecular weight excluding hydrogens is 370 g/mol. The lowest BCUT2D eigenvalue weighted by Crippen LogP contribution is -2.17. The van der Waals surface area contributed by atoms with E-state index in [1.54, 1.807) is 41.8 Å². The molecule has 3 heterocycles. The Labute approximate surface area is 166 Å². The second-order valence-corrected chi connectivity index (χ2v) is 6.72. The number of amides is 2. The Bertz CT molecular complexity index is 1240. The molecule has 0 aliphatic carbocycles. The van der Waals surface area contributed by atoms with Crippen LogP contribution < -0.4 is 10.6 Å². The Morgan fingerprint density at radius 2 is 1.83 bits per heavy atom. The van der Waals surface area contributed by atoms with Crippen molar-refractivity contribution in [2.75, 3.05) is 10.6 Å². The number of aryl methyl sites for hydroxylation is 2. The van der Waals surface area contributed by atoms with E-state index in [9.17, 15) is 9.59 Å². The quantitative estimate of drug-likeness (QED) is 0.553. The van der Waals surface area contributed by atoms with Gasteiger partial charge in [-0.05, 0) is 50.1 Å². The zero-order chi connectivity index (χ0) is 20.5. The summed E-state index contributed by atoms with van der Waals surface area (Å²) >= 11 is 0.